The summed E-state index contributed by atoms with van der Waals surface area (Å²) in [6.45, 7) is 1.96. The van der Waals surface area contributed by atoms with Crippen LogP contribution in [0, 0.1) is 6.92 Å². The number of hydrogen-bond acceptors (Lipinski definition) is 4. The predicted octanol–water partition coefficient (Wildman–Crippen LogP) is 2.96. The summed E-state index contributed by atoms with van der Waals surface area (Å²) in [5.41, 5.74) is 2.39. The number of benzene rings is 2. The van der Waals surface area contributed by atoms with Gasteiger partial charge in [-0.2, -0.15) is 4.98 Å². The van der Waals surface area contributed by atoms with Crippen molar-refractivity contribution >= 4 is 10.0 Å². The first-order valence-corrected chi connectivity index (χ1v) is 8.16. The van der Waals surface area contributed by atoms with E-state index in [9.17, 15) is 8.42 Å². The number of hydrogen-bond donors (Lipinski definition) is 1. The van der Waals surface area contributed by atoms with E-state index in [-0.39, 0.29) is 16.7 Å². The Hall–Kier alpha value is -2.44. The molecule has 0 aliphatic carbocycles. The number of rotatable bonds is 3. The third-order valence-corrected chi connectivity index (χ3v) is 4.02. The number of primary sulfonamides is 1. The van der Waals surface area contributed by atoms with E-state index in [4.69, 9.17) is 9.56 Å². The predicted molar refractivity (Wildman–Crippen MR) is 83.5 cm³/mol. The van der Waals surface area contributed by atoms with Crippen LogP contribution < -0.4 is 5.14 Å². The summed E-state index contributed by atoms with van der Waals surface area (Å²) < 4.78 is 29.2. The topological polar surface area (TPSA) is 86.2 Å². The molecule has 0 spiro atoms. The van der Waals surface area contributed by atoms with Crippen LogP contribution >= 0.6 is 0 Å². The molecule has 0 saturated heterocycles. The fraction of sp³-hybridized carbons (Fsp3) is 0.0625. The van der Waals surface area contributed by atoms with E-state index in [1.54, 1.807) is 24.3 Å². The lowest BCUT2D eigenvalue weighted by molar-refractivity contribution is 0.580. The van der Waals surface area contributed by atoms with E-state index < -0.39 is 10.0 Å². The minimum absolute atomic E-state index is 0.152. The van der Waals surface area contributed by atoms with Gasteiger partial charge in [0.2, 0.25) is 10.9 Å². The molecule has 3 rings (SSSR count). The first-order valence-electron chi connectivity index (χ1n) is 6.61. The molecule has 0 unspecified atom stereocenters. The third kappa shape index (κ3) is 2.79. The molecule has 0 saturated carbocycles. The maximum absolute atomic E-state index is 11.8. The molecular weight excluding hydrogens is 300 g/mol. The molecule has 112 valence electrons. The molecule has 0 radical (unpaired) electrons. The van der Waals surface area contributed by atoms with Gasteiger partial charge in [0, 0.05) is 11.1 Å². The zero-order chi connectivity index (χ0) is 15.7. The van der Waals surface area contributed by atoms with Crippen LogP contribution in [0.15, 0.2) is 64.0 Å². The number of aromatic nitrogens is 1. The van der Waals surface area contributed by atoms with Crippen molar-refractivity contribution in [3.63, 3.8) is 0 Å². The summed E-state index contributed by atoms with van der Waals surface area (Å²) in [5.74, 6) is 0.376. The molecule has 0 bridgehead atoms. The first kappa shape index (κ1) is 14.5. The van der Waals surface area contributed by atoms with E-state index in [1.807, 2.05) is 37.3 Å². The number of aryl methyl sites for hydroxylation is 1. The summed E-state index contributed by atoms with van der Waals surface area (Å²) in [6.07, 6.45) is 0. The van der Waals surface area contributed by atoms with E-state index in [2.05, 4.69) is 4.98 Å². The Morgan fingerprint density at radius 2 is 1.59 bits per heavy atom. The molecule has 0 amide bonds. The number of nitrogens with two attached hydrogens (primary N) is 1. The smallest absolute Gasteiger partial charge is 0.259 e. The van der Waals surface area contributed by atoms with Crippen molar-refractivity contribution in [1.82, 2.24) is 4.98 Å². The van der Waals surface area contributed by atoms with E-state index in [0.717, 1.165) is 5.56 Å². The first-order chi connectivity index (χ1) is 10.4. The summed E-state index contributed by atoms with van der Waals surface area (Å²) in [6, 6.07) is 16.3. The van der Waals surface area contributed by atoms with Crippen LogP contribution in [0.2, 0.25) is 0 Å². The Balaban J connectivity index is 2.20. The van der Waals surface area contributed by atoms with Gasteiger partial charge in [0.05, 0.1) is 0 Å². The zero-order valence-electron chi connectivity index (χ0n) is 11.9. The fourth-order valence-corrected chi connectivity index (χ4v) is 2.72. The van der Waals surface area contributed by atoms with Gasteiger partial charge in [-0.3, -0.25) is 0 Å². The molecule has 0 atom stereocenters. The molecule has 1 aromatic heterocycles. The van der Waals surface area contributed by atoms with Crippen LogP contribution in [0.4, 0.5) is 0 Å². The second-order valence-corrected chi connectivity index (χ2v) is 6.41. The maximum atomic E-state index is 11.8. The Kier molecular flexibility index (Phi) is 3.56. The van der Waals surface area contributed by atoms with Crippen LogP contribution in [-0.2, 0) is 10.0 Å². The molecule has 1 heterocycles. The van der Waals surface area contributed by atoms with Gasteiger partial charge in [-0.05, 0) is 19.1 Å². The van der Waals surface area contributed by atoms with Crippen molar-refractivity contribution < 1.29 is 12.8 Å². The number of sulfonamides is 1. The average Bonchev–Trinajstić information content (AvgIpc) is 2.94. The summed E-state index contributed by atoms with van der Waals surface area (Å²) in [7, 11) is -3.98. The van der Waals surface area contributed by atoms with Crippen molar-refractivity contribution in [3.05, 3.63) is 60.2 Å². The molecule has 6 heteroatoms. The van der Waals surface area contributed by atoms with Gasteiger partial charge in [0.1, 0.15) is 0 Å². The van der Waals surface area contributed by atoms with Gasteiger partial charge in [-0.15, -0.1) is 0 Å². The van der Waals surface area contributed by atoms with E-state index in [1.165, 1.54) is 0 Å². The lowest BCUT2D eigenvalue weighted by Crippen LogP contribution is -2.13. The molecule has 5 nitrogen and oxygen atoms in total. The van der Waals surface area contributed by atoms with Gasteiger partial charge < -0.3 is 4.42 Å². The summed E-state index contributed by atoms with van der Waals surface area (Å²) in [4.78, 5) is 4.08. The highest BCUT2D eigenvalue weighted by Crippen LogP contribution is 2.31. The summed E-state index contributed by atoms with van der Waals surface area (Å²) >= 11 is 0. The van der Waals surface area contributed by atoms with Gasteiger partial charge in [0.15, 0.2) is 5.76 Å². The van der Waals surface area contributed by atoms with Gasteiger partial charge in [-0.1, -0.05) is 48.0 Å². The van der Waals surface area contributed by atoms with E-state index >= 15 is 0 Å². The number of oxazole rings is 1. The van der Waals surface area contributed by atoms with Gasteiger partial charge in [-0.25, -0.2) is 13.6 Å². The zero-order valence-corrected chi connectivity index (χ0v) is 12.7. The van der Waals surface area contributed by atoms with Crippen LogP contribution in [0.1, 0.15) is 5.56 Å². The van der Waals surface area contributed by atoms with Crippen molar-refractivity contribution in [1.29, 1.82) is 0 Å². The normalized spacial score (nSPS) is 11.5. The van der Waals surface area contributed by atoms with Gasteiger partial charge >= 0.3 is 0 Å². The Bertz CT molecular complexity index is 898. The Labute approximate surface area is 128 Å². The largest absolute Gasteiger partial charge is 0.435 e. The highest BCUT2D eigenvalue weighted by molar-refractivity contribution is 7.89. The standard InChI is InChI=1S/C16H14N2O3S/c1-11-7-9-13(10-8-11)15-18-16(22(17,19)20)14(21-15)12-5-3-2-4-6-12/h2-10H,1H3,(H2,17,19,20). The minimum atomic E-state index is -3.98. The average molecular weight is 314 g/mol. The monoisotopic (exact) mass is 314 g/mol. The molecule has 2 aromatic carbocycles. The molecule has 2 N–H and O–H groups in total. The van der Waals surface area contributed by atoms with Crippen LogP contribution in [0.25, 0.3) is 22.8 Å². The van der Waals surface area contributed by atoms with Crippen LogP contribution in [0.3, 0.4) is 0 Å². The fourth-order valence-electron chi connectivity index (χ4n) is 2.09. The molecule has 0 fully saturated rings. The van der Waals surface area contributed by atoms with Gasteiger partial charge in [0.25, 0.3) is 10.0 Å². The molecule has 0 aliphatic rings. The van der Waals surface area contributed by atoms with E-state index in [0.29, 0.717) is 11.1 Å². The second-order valence-electron chi connectivity index (χ2n) is 4.93. The summed E-state index contributed by atoms with van der Waals surface area (Å²) in [5, 5.41) is 5.00. The maximum Gasteiger partial charge on any atom is 0.259 e. The SMILES string of the molecule is Cc1ccc(-c2nc(S(N)(=O)=O)c(-c3ccccc3)o2)cc1. The quantitative estimate of drug-likeness (QED) is 0.805. The lowest BCUT2D eigenvalue weighted by atomic mass is 10.1. The van der Waals surface area contributed by atoms with Crippen LogP contribution in [-0.4, -0.2) is 13.4 Å². The highest BCUT2D eigenvalue weighted by Gasteiger charge is 2.24. The highest BCUT2D eigenvalue weighted by atomic mass is 32.2. The second kappa shape index (κ2) is 5.40. The molecule has 22 heavy (non-hydrogen) atoms. The minimum Gasteiger partial charge on any atom is -0.435 e. The molecule has 0 aliphatic heterocycles. The van der Waals surface area contributed by atoms with Crippen molar-refractivity contribution in [2.75, 3.05) is 0 Å². The Morgan fingerprint density at radius 1 is 0.955 bits per heavy atom. The lowest BCUT2D eigenvalue weighted by Gasteiger charge is -1.98. The third-order valence-electron chi connectivity index (χ3n) is 3.20. The van der Waals surface area contributed by atoms with Crippen molar-refractivity contribution in [2.45, 2.75) is 11.9 Å². The Morgan fingerprint density at radius 3 is 2.18 bits per heavy atom. The molecule has 3 aromatic rings. The number of nitrogens with zero attached hydrogens (tertiary/aromatic N) is 1. The van der Waals surface area contributed by atoms with Crippen molar-refractivity contribution in [3.8, 4) is 22.8 Å². The van der Waals surface area contributed by atoms with Crippen molar-refractivity contribution in [2.24, 2.45) is 5.14 Å². The van der Waals surface area contributed by atoms with Crippen LogP contribution in [0.5, 0.6) is 0 Å². The molecular formula is C16H14N2O3S.